The Balaban J connectivity index is 1.88. The van der Waals surface area contributed by atoms with Gasteiger partial charge < -0.3 is 14.2 Å². The first-order valence-corrected chi connectivity index (χ1v) is 8.43. The average molecular weight is 377 g/mol. The van der Waals surface area contributed by atoms with Crippen molar-refractivity contribution in [1.29, 1.82) is 0 Å². The maximum atomic E-state index is 11.8. The monoisotopic (exact) mass is 376 g/mol. The van der Waals surface area contributed by atoms with E-state index in [2.05, 4.69) is 10.5 Å². The van der Waals surface area contributed by atoms with Crippen molar-refractivity contribution in [2.24, 2.45) is 5.10 Å². The molecule has 138 valence electrons. The topological polar surface area (TPSA) is 69.2 Å². The van der Waals surface area contributed by atoms with E-state index in [1.54, 1.807) is 37.4 Å². The average Bonchev–Trinajstić information content (AvgIpc) is 2.62. The number of hydrogen-bond donors (Lipinski definition) is 1. The van der Waals surface area contributed by atoms with Crippen molar-refractivity contribution in [3.63, 3.8) is 0 Å². The first kappa shape index (κ1) is 19.6. The Kier molecular flexibility index (Phi) is 7.29. The number of halogens is 1. The molecule has 0 spiro atoms. The van der Waals surface area contributed by atoms with Crippen molar-refractivity contribution < 1.29 is 19.0 Å². The zero-order valence-corrected chi connectivity index (χ0v) is 15.7. The van der Waals surface area contributed by atoms with Gasteiger partial charge in [-0.2, -0.15) is 5.10 Å². The van der Waals surface area contributed by atoms with Gasteiger partial charge in [0.25, 0.3) is 5.91 Å². The zero-order valence-electron chi connectivity index (χ0n) is 14.9. The molecule has 0 saturated carbocycles. The van der Waals surface area contributed by atoms with E-state index in [0.29, 0.717) is 28.9 Å². The summed E-state index contributed by atoms with van der Waals surface area (Å²) in [5, 5.41) is 4.54. The highest BCUT2D eigenvalue weighted by molar-refractivity contribution is 6.30. The van der Waals surface area contributed by atoms with Gasteiger partial charge in [0, 0.05) is 5.02 Å². The second-order valence-corrected chi connectivity index (χ2v) is 5.77. The van der Waals surface area contributed by atoms with Crippen molar-refractivity contribution in [2.45, 2.75) is 13.8 Å². The van der Waals surface area contributed by atoms with Gasteiger partial charge in [0.2, 0.25) is 0 Å². The maximum absolute atomic E-state index is 11.8. The van der Waals surface area contributed by atoms with Crippen LogP contribution in [0.5, 0.6) is 17.2 Å². The molecular formula is C19H21ClN2O4. The van der Waals surface area contributed by atoms with Crippen LogP contribution >= 0.6 is 11.6 Å². The van der Waals surface area contributed by atoms with E-state index in [9.17, 15) is 4.79 Å². The van der Waals surface area contributed by atoms with Crippen LogP contribution in [0.25, 0.3) is 0 Å². The van der Waals surface area contributed by atoms with Gasteiger partial charge >= 0.3 is 0 Å². The molecule has 0 radical (unpaired) electrons. The van der Waals surface area contributed by atoms with Crippen molar-refractivity contribution in [3.05, 3.63) is 52.5 Å². The molecular weight excluding hydrogens is 356 g/mol. The third-order valence-electron chi connectivity index (χ3n) is 3.39. The van der Waals surface area contributed by atoms with Crippen LogP contribution in [0.2, 0.25) is 5.02 Å². The second kappa shape index (κ2) is 9.68. The molecule has 6 nitrogen and oxygen atoms in total. The number of ether oxygens (including phenoxy) is 3. The summed E-state index contributed by atoms with van der Waals surface area (Å²) < 4.78 is 16.2. The largest absolute Gasteiger partial charge is 0.493 e. The molecule has 1 N–H and O–H groups in total. The van der Waals surface area contributed by atoms with Gasteiger partial charge in [-0.15, -0.1) is 0 Å². The van der Waals surface area contributed by atoms with Crippen molar-refractivity contribution in [1.82, 2.24) is 5.43 Å². The number of nitrogens with one attached hydrogen (secondary N) is 1. The highest BCUT2D eigenvalue weighted by Crippen LogP contribution is 2.27. The summed E-state index contributed by atoms with van der Waals surface area (Å²) in [6.07, 6.45) is 1.52. The van der Waals surface area contributed by atoms with E-state index < -0.39 is 0 Å². The fraction of sp³-hybridized carbons (Fsp3) is 0.263. The van der Waals surface area contributed by atoms with E-state index >= 15 is 0 Å². The number of amides is 1. The lowest BCUT2D eigenvalue weighted by Crippen LogP contribution is -2.24. The molecule has 2 rings (SSSR count). The van der Waals surface area contributed by atoms with Gasteiger partial charge in [0.15, 0.2) is 18.1 Å². The molecule has 1 amide bonds. The maximum Gasteiger partial charge on any atom is 0.277 e. The van der Waals surface area contributed by atoms with Crippen LogP contribution in [0.3, 0.4) is 0 Å². The van der Waals surface area contributed by atoms with E-state index in [4.69, 9.17) is 25.8 Å². The molecule has 0 fully saturated rings. The molecule has 0 aliphatic heterocycles. The van der Waals surface area contributed by atoms with Crippen LogP contribution in [-0.4, -0.2) is 32.4 Å². The van der Waals surface area contributed by atoms with Crippen LogP contribution in [-0.2, 0) is 4.79 Å². The summed E-state index contributed by atoms with van der Waals surface area (Å²) in [7, 11) is 1.57. The summed E-state index contributed by atoms with van der Waals surface area (Å²) in [6, 6.07) is 10.6. The summed E-state index contributed by atoms with van der Waals surface area (Å²) >= 11 is 5.88. The summed E-state index contributed by atoms with van der Waals surface area (Å²) in [5.74, 6) is 1.49. The normalized spacial score (nSPS) is 10.6. The Labute approximate surface area is 157 Å². The molecule has 7 heteroatoms. The summed E-state index contributed by atoms with van der Waals surface area (Å²) in [4.78, 5) is 11.8. The number of rotatable bonds is 8. The van der Waals surface area contributed by atoms with Crippen molar-refractivity contribution >= 4 is 23.7 Å². The lowest BCUT2D eigenvalue weighted by Gasteiger charge is -2.09. The molecule has 0 saturated heterocycles. The molecule has 0 aromatic heterocycles. The number of benzene rings is 2. The quantitative estimate of drug-likeness (QED) is 0.564. The zero-order chi connectivity index (χ0) is 18.9. The molecule has 0 atom stereocenters. The Hall–Kier alpha value is -2.73. The molecule has 26 heavy (non-hydrogen) atoms. The minimum absolute atomic E-state index is 0.146. The van der Waals surface area contributed by atoms with Crippen molar-refractivity contribution in [3.8, 4) is 17.2 Å². The first-order chi connectivity index (χ1) is 12.5. The third-order valence-corrected chi connectivity index (χ3v) is 3.62. The lowest BCUT2D eigenvalue weighted by atomic mass is 10.2. The highest BCUT2D eigenvalue weighted by atomic mass is 35.5. The Bertz CT molecular complexity index is 793. The summed E-state index contributed by atoms with van der Waals surface area (Å²) in [6.45, 7) is 4.16. The van der Waals surface area contributed by atoms with Gasteiger partial charge in [-0.1, -0.05) is 11.6 Å². The lowest BCUT2D eigenvalue weighted by molar-refractivity contribution is -0.123. The number of hydrogen-bond acceptors (Lipinski definition) is 5. The van der Waals surface area contributed by atoms with Crippen LogP contribution in [0.1, 0.15) is 18.1 Å². The number of carbonyl (C=O) groups is 1. The predicted molar refractivity (Wildman–Crippen MR) is 102 cm³/mol. The van der Waals surface area contributed by atoms with Gasteiger partial charge in [0.1, 0.15) is 5.75 Å². The molecule has 0 aliphatic rings. The standard InChI is InChI=1S/C19H21ClN2O4/c1-4-25-17-7-5-14(10-18(17)24-3)11-21-22-19(23)12-26-16-8-6-15(20)9-13(16)2/h5-11H,4,12H2,1-3H3,(H,22,23)/b21-11+. The van der Waals surface area contributed by atoms with Gasteiger partial charge in [-0.3, -0.25) is 4.79 Å². The van der Waals surface area contributed by atoms with E-state index in [1.807, 2.05) is 19.9 Å². The predicted octanol–water partition coefficient (Wildman–Crippen LogP) is 3.58. The SMILES string of the molecule is CCOc1ccc(/C=N/NC(=O)COc2ccc(Cl)cc2C)cc1OC. The number of nitrogens with zero attached hydrogens (tertiary/aromatic N) is 1. The summed E-state index contributed by atoms with van der Waals surface area (Å²) in [5.41, 5.74) is 4.04. The number of aryl methyl sites for hydroxylation is 1. The van der Waals surface area contributed by atoms with E-state index in [1.165, 1.54) is 6.21 Å². The van der Waals surface area contributed by atoms with E-state index in [0.717, 1.165) is 11.1 Å². The van der Waals surface area contributed by atoms with Crippen LogP contribution in [0, 0.1) is 6.92 Å². The highest BCUT2D eigenvalue weighted by Gasteiger charge is 2.06. The van der Waals surface area contributed by atoms with Gasteiger partial charge in [0.05, 0.1) is 19.9 Å². The first-order valence-electron chi connectivity index (χ1n) is 8.05. The van der Waals surface area contributed by atoms with Crippen LogP contribution < -0.4 is 19.6 Å². The third kappa shape index (κ3) is 5.67. The van der Waals surface area contributed by atoms with Crippen molar-refractivity contribution in [2.75, 3.05) is 20.3 Å². The minimum atomic E-state index is -0.367. The molecule has 2 aromatic carbocycles. The fourth-order valence-corrected chi connectivity index (χ4v) is 2.40. The number of methoxy groups -OCH3 is 1. The van der Waals surface area contributed by atoms with E-state index in [-0.39, 0.29) is 12.5 Å². The number of hydrazone groups is 1. The Morgan fingerprint density at radius 2 is 1.92 bits per heavy atom. The smallest absolute Gasteiger partial charge is 0.277 e. The van der Waals surface area contributed by atoms with Crippen LogP contribution in [0.4, 0.5) is 0 Å². The fourth-order valence-electron chi connectivity index (χ4n) is 2.17. The molecule has 0 unspecified atom stereocenters. The molecule has 0 aliphatic carbocycles. The van der Waals surface area contributed by atoms with Crippen LogP contribution in [0.15, 0.2) is 41.5 Å². The molecule has 0 heterocycles. The van der Waals surface area contributed by atoms with Gasteiger partial charge in [-0.05, 0) is 61.4 Å². The minimum Gasteiger partial charge on any atom is -0.493 e. The Morgan fingerprint density at radius 1 is 1.15 bits per heavy atom. The van der Waals surface area contributed by atoms with Gasteiger partial charge in [-0.25, -0.2) is 5.43 Å². The number of carbonyl (C=O) groups excluding carboxylic acids is 1. The second-order valence-electron chi connectivity index (χ2n) is 5.33. The molecule has 2 aromatic rings. The Morgan fingerprint density at radius 3 is 2.62 bits per heavy atom. The molecule has 0 bridgehead atoms.